The summed E-state index contributed by atoms with van der Waals surface area (Å²) in [6, 6.07) is 2.00. The van der Waals surface area contributed by atoms with Crippen molar-refractivity contribution in [3.05, 3.63) is 18.1 Å². The SMILES string of the molecule is CCN(C)CCNc1nccnc1C#N. The molecular formula is C10H15N5. The highest BCUT2D eigenvalue weighted by Gasteiger charge is 2.02. The quantitative estimate of drug-likeness (QED) is 0.767. The maximum atomic E-state index is 8.77. The molecule has 0 saturated carbocycles. The van der Waals surface area contributed by atoms with E-state index in [1.807, 2.05) is 13.1 Å². The summed E-state index contributed by atoms with van der Waals surface area (Å²) in [5.41, 5.74) is 0.344. The number of nitrogens with zero attached hydrogens (tertiary/aromatic N) is 4. The second-order valence-corrected chi connectivity index (χ2v) is 3.19. The number of likely N-dealkylation sites (N-methyl/N-ethyl adjacent to an activating group) is 1. The molecule has 1 rings (SSSR count). The molecule has 0 saturated heterocycles. The van der Waals surface area contributed by atoms with E-state index in [0.717, 1.165) is 19.6 Å². The smallest absolute Gasteiger partial charge is 0.182 e. The second kappa shape index (κ2) is 5.94. The Hall–Kier alpha value is -1.67. The van der Waals surface area contributed by atoms with Crippen LogP contribution in [0.15, 0.2) is 12.4 Å². The van der Waals surface area contributed by atoms with E-state index in [0.29, 0.717) is 11.5 Å². The number of rotatable bonds is 5. The standard InChI is InChI=1S/C10H15N5/c1-3-15(2)7-6-14-10-9(8-11)12-4-5-13-10/h4-5H,3,6-7H2,1-2H3,(H,13,14). The van der Waals surface area contributed by atoms with Crippen molar-refractivity contribution in [2.45, 2.75) is 6.92 Å². The Balaban J connectivity index is 2.47. The van der Waals surface area contributed by atoms with Crippen LogP contribution in [-0.2, 0) is 0 Å². The van der Waals surface area contributed by atoms with Crippen LogP contribution in [0.25, 0.3) is 0 Å². The average Bonchev–Trinajstić information content (AvgIpc) is 2.29. The largest absolute Gasteiger partial charge is 0.366 e. The number of hydrogen-bond donors (Lipinski definition) is 1. The molecule has 80 valence electrons. The second-order valence-electron chi connectivity index (χ2n) is 3.19. The van der Waals surface area contributed by atoms with Gasteiger partial charge in [-0.2, -0.15) is 5.26 Å². The van der Waals surface area contributed by atoms with Gasteiger partial charge < -0.3 is 10.2 Å². The molecule has 0 aliphatic heterocycles. The molecule has 0 amide bonds. The van der Waals surface area contributed by atoms with Gasteiger partial charge in [0.25, 0.3) is 0 Å². The van der Waals surface area contributed by atoms with Gasteiger partial charge in [0.15, 0.2) is 11.5 Å². The maximum Gasteiger partial charge on any atom is 0.182 e. The third-order valence-electron chi connectivity index (χ3n) is 2.13. The van der Waals surface area contributed by atoms with Crippen LogP contribution in [0, 0.1) is 11.3 Å². The van der Waals surface area contributed by atoms with Gasteiger partial charge >= 0.3 is 0 Å². The summed E-state index contributed by atoms with van der Waals surface area (Å²) in [7, 11) is 2.05. The summed E-state index contributed by atoms with van der Waals surface area (Å²) < 4.78 is 0. The topological polar surface area (TPSA) is 64.8 Å². The van der Waals surface area contributed by atoms with E-state index in [-0.39, 0.29) is 0 Å². The summed E-state index contributed by atoms with van der Waals surface area (Å²) in [5, 5.41) is 11.9. The molecule has 0 fully saturated rings. The highest BCUT2D eigenvalue weighted by atomic mass is 15.1. The van der Waals surface area contributed by atoms with E-state index >= 15 is 0 Å². The first-order valence-electron chi connectivity index (χ1n) is 4.91. The number of nitriles is 1. The fourth-order valence-electron chi connectivity index (χ4n) is 1.07. The van der Waals surface area contributed by atoms with Gasteiger partial charge in [0.2, 0.25) is 0 Å². The van der Waals surface area contributed by atoms with E-state index < -0.39 is 0 Å². The molecule has 5 nitrogen and oxygen atoms in total. The lowest BCUT2D eigenvalue weighted by atomic mass is 10.4. The highest BCUT2D eigenvalue weighted by molar-refractivity contribution is 5.46. The molecule has 1 aromatic rings. The summed E-state index contributed by atoms with van der Waals surface area (Å²) in [6.45, 7) is 4.78. The van der Waals surface area contributed by atoms with Gasteiger partial charge in [0, 0.05) is 25.5 Å². The molecule has 0 unspecified atom stereocenters. The molecule has 0 aliphatic rings. The van der Waals surface area contributed by atoms with Crippen molar-refractivity contribution >= 4 is 5.82 Å². The van der Waals surface area contributed by atoms with Crippen molar-refractivity contribution in [1.82, 2.24) is 14.9 Å². The van der Waals surface area contributed by atoms with Crippen LogP contribution in [0.4, 0.5) is 5.82 Å². The zero-order valence-corrected chi connectivity index (χ0v) is 9.06. The van der Waals surface area contributed by atoms with Gasteiger partial charge in [-0.05, 0) is 13.6 Å². The zero-order chi connectivity index (χ0) is 11.1. The molecule has 0 aliphatic carbocycles. The van der Waals surface area contributed by atoms with Crippen molar-refractivity contribution in [2.75, 3.05) is 32.0 Å². The van der Waals surface area contributed by atoms with Gasteiger partial charge in [-0.1, -0.05) is 6.92 Å². The van der Waals surface area contributed by atoms with Crippen LogP contribution < -0.4 is 5.32 Å². The van der Waals surface area contributed by atoms with Crippen molar-refractivity contribution in [3.63, 3.8) is 0 Å². The molecule has 0 radical (unpaired) electrons. The molecule has 0 spiro atoms. The van der Waals surface area contributed by atoms with E-state index in [9.17, 15) is 0 Å². The monoisotopic (exact) mass is 205 g/mol. The Morgan fingerprint density at radius 2 is 2.20 bits per heavy atom. The van der Waals surface area contributed by atoms with E-state index in [2.05, 4.69) is 27.1 Å². The predicted molar refractivity (Wildman–Crippen MR) is 58.4 cm³/mol. The van der Waals surface area contributed by atoms with Gasteiger partial charge in [-0.15, -0.1) is 0 Å². The minimum atomic E-state index is 0.344. The Kier molecular flexibility index (Phi) is 4.51. The molecule has 15 heavy (non-hydrogen) atoms. The average molecular weight is 205 g/mol. The van der Waals surface area contributed by atoms with Crippen LogP contribution in [0.1, 0.15) is 12.6 Å². The first-order valence-corrected chi connectivity index (χ1v) is 4.91. The Labute approximate surface area is 89.8 Å². The Bertz CT molecular complexity index is 344. The van der Waals surface area contributed by atoms with Crippen molar-refractivity contribution in [1.29, 1.82) is 5.26 Å². The van der Waals surface area contributed by atoms with Crippen LogP contribution >= 0.6 is 0 Å². The molecule has 5 heteroatoms. The normalized spacial score (nSPS) is 10.0. The summed E-state index contributed by atoms with van der Waals surface area (Å²) >= 11 is 0. The van der Waals surface area contributed by atoms with Crippen LogP contribution in [0.5, 0.6) is 0 Å². The number of hydrogen-bond acceptors (Lipinski definition) is 5. The van der Waals surface area contributed by atoms with Gasteiger partial charge in [0.1, 0.15) is 6.07 Å². The minimum Gasteiger partial charge on any atom is -0.366 e. The molecule has 0 bridgehead atoms. The van der Waals surface area contributed by atoms with Crippen molar-refractivity contribution in [3.8, 4) is 6.07 Å². The molecule has 0 aromatic carbocycles. The van der Waals surface area contributed by atoms with Crippen molar-refractivity contribution < 1.29 is 0 Å². The van der Waals surface area contributed by atoms with Gasteiger partial charge in [-0.3, -0.25) is 0 Å². The fraction of sp³-hybridized carbons (Fsp3) is 0.500. The number of nitrogens with one attached hydrogen (secondary N) is 1. The number of anilines is 1. The molecular weight excluding hydrogens is 190 g/mol. The van der Waals surface area contributed by atoms with Crippen LogP contribution in [-0.4, -0.2) is 41.5 Å². The third-order valence-corrected chi connectivity index (χ3v) is 2.13. The predicted octanol–water partition coefficient (Wildman–Crippen LogP) is 0.712. The van der Waals surface area contributed by atoms with Gasteiger partial charge in [-0.25, -0.2) is 9.97 Å². The van der Waals surface area contributed by atoms with E-state index in [1.54, 1.807) is 6.20 Å². The lowest BCUT2D eigenvalue weighted by molar-refractivity contribution is 0.367. The van der Waals surface area contributed by atoms with E-state index in [1.165, 1.54) is 6.20 Å². The molecule has 1 heterocycles. The van der Waals surface area contributed by atoms with Crippen LogP contribution in [0.3, 0.4) is 0 Å². The molecule has 0 atom stereocenters. The van der Waals surface area contributed by atoms with Crippen LogP contribution in [0.2, 0.25) is 0 Å². The minimum absolute atomic E-state index is 0.344. The highest BCUT2D eigenvalue weighted by Crippen LogP contribution is 2.05. The lowest BCUT2D eigenvalue weighted by Gasteiger charge is -2.14. The Morgan fingerprint density at radius 1 is 1.47 bits per heavy atom. The maximum absolute atomic E-state index is 8.77. The summed E-state index contributed by atoms with van der Waals surface area (Å²) in [4.78, 5) is 10.1. The molecule has 1 N–H and O–H groups in total. The molecule has 1 aromatic heterocycles. The third kappa shape index (κ3) is 3.52. The zero-order valence-electron chi connectivity index (χ0n) is 9.06. The summed E-state index contributed by atoms with van der Waals surface area (Å²) in [5.74, 6) is 0.560. The first kappa shape index (κ1) is 11.4. The van der Waals surface area contributed by atoms with E-state index in [4.69, 9.17) is 5.26 Å². The Morgan fingerprint density at radius 3 is 2.87 bits per heavy atom. The lowest BCUT2D eigenvalue weighted by Crippen LogP contribution is -2.25. The van der Waals surface area contributed by atoms with Gasteiger partial charge in [0.05, 0.1) is 0 Å². The first-order chi connectivity index (χ1) is 7.27. The van der Waals surface area contributed by atoms with Crippen molar-refractivity contribution in [2.24, 2.45) is 0 Å². The number of aromatic nitrogens is 2. The fourth-order valence-corrected chi connectivity index (χ4v) is 1.07. The summed E-state index contributed by atoms with van der Waals surface area (Å²) in [6.07, 6.45) is 3.09.